The molecule has 0 saturated heterocycles. The van der Waals surface area contributed by atoms with Gasteiger partial charge < -0.3 is 15.7 Å². The average molecular weight is 537 g/mol. The van der Waals surface area contributed by atoms with E-state index in [2.05, 4.69) is 10.6 Å². The predicted octanol–water partition coefficient (Wildman–Crippen LogP) is 2.75. The number of aliphatic hydroxyl groups excluding tert-OH is 1. The van der Waals surface area contributed by atoms with Gasteiger partial charge in [-0.2, -0.15) is 0 Å². The average Bonchev–Trinajstić information content (AvgIpc) is 3.40. The van der Waals surface area contributed by atoms with Crippen molar-refractivity contribution in [2.45, 2.75) is 68.8 Å². The lowest BCUT2D eigenvalue weighted by atomic mass is 9.74. The second-order valence-corrected chi connectivity index (χ2v) is 12.9. The van der Waals surface area contributed by atoms with Gasteiger partial charge in [0.15, 0.2) is 9.84 Å². The first-order valence-corrected chi connectivity index (χ1v) is 13.9. The van der Waals surface area contributed by atoms with Gasteiger partial charge in [0.1, 0.15) is 23.1 Å². The summed E-state index contributed by atoms with van der Waals surface area (Å²) in [6.07, 6.45) is 0.988. The van der Waals surface area contributed by atoms with Crippen LogP contribution in [-0.4, -0.2) is 55.2 Å². The van der Waals surface area contributed by atoms with Crippen molar-refractivity contribution in [1.29, 1.82) is 0 Å². The summed E-state index contributed by atoms with van der Waals surface area (Å²) in [6, 6.07) is 0.0691. The Morgan fingerprint density at radius 1 is 1.20 bits per heavy atom. The monoisotopic (exact) mass is 536 g/mol. The summed E-state index contributed by atoms with van der Waals surface area (Å²) >= 11 is 5.91. The van der Waals surface area contributed by atoms with E-state index in [-0.39, 0.29) is 37.1 Å². The molecular weight excluding hydrogens is 509 g/mol. The maximum absolute atomic E-state index is 15.1. The van der Waals surface area contributed by atoms with E-state index in [0.717, 1.165) is 18.4 Å². The van der Waals surface area contributed by atoms with Crippen LogP contribution in [0.4, 0.5) is 13.2 Å². The molecule has 7 nitrogen and oxygen atoms in total. The Bertz CT molecular complexity index is 1140. The Labute approximate surface area is 206 Å². The number of benzene rings is 1. The third kappa shape index (κ3) is 5.32. The van der Waals surface area contributed by atoms with Crippen LogP contribution in [0.3, 0.4) is 0 Å². The van der Waals surface area contributed by atoms with Crippen LogP contribution in [0.25, 0.3) is 0 Å². The molecule has 4 rings (SSSR count). The first-order chi connectivity index (χ1) is 16.2. The molecule has 3 aliphatic rings. The van der Waals surface area contributed by atoms with Gasteiger partial charge in [0.25, 0.3) is 0 Å². The molecule has 0 aliphatic heterocycles. The molecule has 2 bridgehead atoms. The molecule has 1 aromatic carbocycles. The second-order valence-electron chi connectivity index (χ2n) is 10.4. The van der Waals surface area contributed by atoms with E-state index in [9.17, 15) is 27.5 Å². The van der Waals surface area contributed by atoms with E-state index < -0.39 is 79.8 Å². The number of alkyl halides is 1. The number of fused-ring (bicyclic) bond motifs is 2. The van der Waals surface area contributed by atoms with Crippen molar-refractivity contribution in [2.24, 2.45) is 11.3 Å². The number of aliphatic hydroxyl groups is 1. The van der Waals surface area contributed by atoms with Crippen LogP contribution < -0.4 is 10.6 Å². The molecule has 0 spiro atoms. The molecule has 0 heterocycles. The number of rotatable bonds is 7. The summed E-state index contributed by atoms with van der Waals surface area (Å²) in [7, 11) is -3.58. The normalized spacial score (nSPS) is 33.0. The number of nitrogens with one attached hydrogen (secondary N) is 2. The lowest BCUT2D eigenvalue weighted by molar-refractivity contribution is -0.127. The van der Waals surface area contributed by atoms with Gasteiger partial charge in [0.2, 0.25) is 11.8 Å². The Hall–Kier alpha value is -1.85. The fourth-order valence-corrected chi connectivity index (χ4v) is 6.77. The molecule has 0 aromatic heterocycles. The highest BCUT2D eigenvalue weighted by Gasteiger charge is 2.59. The van der Waals surface area contributed by atoms with Crippen LogP contribution >= 0.6 is 11.6 Å². The molecule has 3 saturated carbocycles. The number of amides is 2. The molecule has 3 fully saturated rings. The SMILES string of the molecule is CS(=O)(=O)CC(=O)N[C@H]1C[C@H](C(=O)N[C@H](c2c(F)ccc(Cl)c2F)C23CCC(F)(CC2)C3)C[C@H]1O. The summed E-state index contributed by atoms with van der Waals surface area (Å²) in [5, 5.41) is 15.2. The number of hydrogen-bond acceptors (Lipinski definition) is 5. The fourth-order valence-electron chi connectivity index (χ4n) is 6.04. The summed E-state index contributed by atoms with van der Waals surface area (Å²) in [5.74, 6) is -4.86. The number of carbonyl (C=O) groups excluding carboxylic acids is 2. The van der Waals surface area contributed by atoms with Gasteiger partial charge in [-0.1, -0.05) is 11.6 Å². The summed E-state index contributed by atoms with van der Waals surface area (Å²) in [4.78, 5) is 25.2. The van der Waals surface area contributed by atoms with Gasteiger partial charge in [-0.05, 0) is 62.5 Å². The molecule has 4 atom stereocenters. The zero-order chi connectivity index (χ0) is 25.8. The molecule has 3 N–H and O–H groups in total. The van der Waals surface area contributed by atoms with Gasteiger partial charge in [-0.15, -0.1) is 0 Å². The minimum atomic E-state index is -3.58. The highest BCUT2D eigenvalue weighted by atomic mass is 35.5. The zero-order valence-electron chi connectivity index (χ0n) is 19.1. The topological polar surface area (TPSA) is 113 Å². The van der Waals surface area contributed by atoms with Crippen molar-refractivity contribution in [3.63, 3.8) is 0 Å². The Balaban J connectivity index is 1.55. The maximum atomic E-state index is 15.1. The summed E-state index contributed by atoms with van der Waals surface area (Å²) < 4.78 is 67.6. The van der Waals surface area contributed by atoms with Gasteiger partial charge in [0, 0.05) is 17.7 Å². The fraction of sp³-hybridized carbons (Fsp3) is 0.652. The third-order valence-corrected chi connectivity index (χ3v) is 8.80. The van der Waals surface area contributed by atoms with Crippen molar-refractivity contribution in [3.8, 4) is 0 Å². The molecule has 3 aliphatic carbocycles. The minimum Gasteiger partial charge on any atom is -0.391 e. The largest absolute Gasteiger partial charge is 0.391 e. The minimum absolute atomic E-state index is 0.00970. The molecule has 194 valence electrons. The highest BCUT2D eigenvalue weighted by Crippen LogP contribution is 2.63. The van der Waals surface area contributed by atoms with Crippen LogP contribution in [0, 0.1) is 23.0 Å². The molecular formula is C23H28ClF3N2O5S. The van der Waals surface area contributed by atoms with Gasteiger partial charge in [-0.25, -0.2) is 21.6 Å². The zero-order valence-corrected chi connectivity index (χ0v) is 20.7. The van der Waals surface area contributed by atoms with Crippen LogP contribution in [-0.2, 0) is 19.4 Å². The standard InChI is InChI=1S/C23H28ClF3N2O5S/c1-35(33,34)10-17(31)28-15-8-12(9-16(15)30)21(32)29-20(18-14(25)3-2-13(24)19(18)26)22-4-6-23(27,11-22)7-5-22/h2-3,12,15-16,20,30H,4-11H2,1H3,(H,28,31)(H,29,32)/t12-,15-,16+,20+,22?,23?/m0/s1. The first-order valence-electron chi connectivity index (χ1n) is 11.5. The Morgan fingerprint density at radius 2 is 1.86 bits per heavy atom. The molecule has 1 aromatic rings. The molecule has 0 unspecified atom stereocenters. The molecule has 2 amide bonds. The Morgan fingerprint density at radius 3 is 2.43 bits per heavy atom. The van der Waals surface area contributed by atoms with Crippen LogP contribution in [0.1, 0.15) is 56.6 Å². The van der Waals surface area contributed by atoms with Crippen LogP contribution in [0.5, 0.6) is 0 Å². The van der Waals surface area contributed by atoms with Crippen molar-refractivity contribution in [3.05, 3.63) is 34.4 Å². The lowest BCUT2D eigenvalue weighted by Gasteiger charge is -2.37. The van der Waals surface area contributed by atoms with Gasteiger partial charge in [-0.3, -0.25) is 9.59 Å². The van der Waals surface area contributed by atoms with E-state index in [0.29, 0.717) is 12.8 Å². The molecule has 35 heavy (non-hydrogen) atoms. The number of halogens is 4. The highest BCUT2D eigenvalue weighted by molar-refractivity contribution is 7.91. The number of carbonyl (C=O) groups is 2. The van der Waals surface area contributed by atoms with Crippen molar-refractivity contribution >= 4 is 33.3 Å². The van der Waals surface area contributed by atoms with Crippen molar-refractivity contribution < 1.29 is 36.3 Å². The maximum Gasteiger partial charge on any atom is 0.235 e. The quantitative estimate of drug-likeness (QED) is 0.464. The third-order valence-electron chi connectivity index (χ3n) is 7.72. The van der Waals surface area contributed by atoms with Gasteiger partial charge in [0.05, 0.1) is 23.2 Å². The lowest BCUT2D eigenvalue weighted by Crippen LogP contribution is -2.43. The van der Waals surface area contributed by atoms with E-state index in [4.69, 9.17) is 11.6 Å². The first kappa shape index (κ1) is 26.2. The van der Waals surface area contributed by atoms with E-state index >= 15 is 8.78 Å². The number of hydrogen-bond donors (Lipinski definition) is 3. The van der Waals surface area contributed by atoms with Crippen LogP contribution in [0.15, 0.2) is 12.1 Å². The van der Waals surface area contributed by atoms with E-state index in [1.807, 2.05) is 0 Å². The van der Waals surface area contributed by atoms with Crippen molar-refractivity contribution in [2.75, 3.05) is 12.0 Å². The molecule has 12 heteroatoms. The van der Waals surface area contributed by atoms with Crippen LogP contribution in [0.2, 0.25) is 5.02 Å². The number of sulfone groups is 1. The summed E-state index contributed by atoms with van der Waals surface area (Å²) in [5.41, 5.74) is -2.72. The second kappa shape index (κ2) is 9.23. The summed E-state index contributed by atoms with van der Waals surface area (Å²) in [6.45, 7) is 0. The van der Waals surface area contributed by atoms with Gasteiger partial charge >= 0.3 is 0 Å². The Kier molecular flexibility index (Phi) is 6.91. The van der Waals surface area contributed by atoms with Crippen molar-refractivity contribution in [1.82, 2.24) is 10.6 Å². The smallest absolute Gasteiger partial charge is 0.235 e. The van der Waals surface area contributed by atoms with E-state index in [1.54, 1.807) is 0 Å². The van der Waals surface area contributed by atoms with E-state index in [1.165, 1.54) is 0 Å². The molecule has 0 radical (unpaired) electrons. The predicted molar refractivity (Wildman–Crippen MR) is 122 cm³/mol.